The second-order valence-electron chi connectivity index (χ2n) is 4.52. The smallest absolute Gasteiger partial charge is 0.176 e. The van der Waals surface area contributed by atoms with Crippen molar-refractivity contribution in [3.05, 3.63) is 48.9 Å². The molecule has 3 heterocycles. The maximum absolute atomic E-state index is 5.86. The van der Waals surface area contributed by atoms with Crippen LogP contribution in [0.2, 0.25) is 0 Å². The Morgan fingerprint density at radius 1 is 1.00 bits per heavy atom. The van der Waals surface area contributed by atoms with E-state index in [2.05, 4.69) is 15.2 Å². The Morgan fingerprint density at radius 3 is 2.80 bits per heavy atom. The molecular formula is C15H10N4O. The minimum absolute atomic E-state index is 0.397. The molecule has 2 N–H and O–H groups in total. The van der Waals surface area contributed by atoms with Crippen molar-refractivity contribution in [3.8, 4) is 11.3 Å². The van der Waals surface area contributed by atoms with Crippen LogP contribution < -0.4 is 5.73 Å². The summed E-state index contributed by atoms with van der Waals surface area (Å²) in [6.45, 7) is 0. The summed E-state index contributed by atoms with van der Waals surface area (Å²) >= 11 is 0. The Hall–Kier alpha value is -2.95. The molecule has 96 valence electrons. The van der Waals surface area contributed by atoms with Gasteiger partial charge >= 0.3 is 0 Å². The fourth-order valence-electron chi connectivity index (χ4n) is 2.36. The van der Waals surface area contributed by atoms with E-state index in [-0.39, 0.29) is 0 Å². The van der Waals surface area contributed by atoms with Crippen LogP contribution in [0.3, 0.4) is 0 Å². The molecule has 0 atom stereocenters. The second-order valence-corrected chi connectivity index (χ2v) is 4.52. The van der Waals surface area contributed by atoms with E-state index in [1.807, 2.05) is 30.3 Å². The van der Waals surface area contributed by atoms with Crippen molar-refractivity contribution >= 4 is 27.6 Å². The molecule has 0 aliphatic heterocycles. The molecule has 5 heteroatoms. The van der Waals surface area contributed by atoms with Crippen LogP contribution in [0.1, 0.15) is 0 Å². The topological polar surface area (TPSA) is 77.8 Å². The highest BCUT2D eigenvalue weighted by atomic mass is 16.3. The number of nitrogen functional groups attached to an aromatic ring is 1. The van der Waals surface area contributed by atoms with Crippen LogP contribution >= 0.6 is 0 Å². The average Bonchev–Trinajstić information content (AvgIpc) is 2.92. The third-order valence-electron chi connectivity index (χ3n) is 3.32. The fraction of sp³-hybridized carbons (Fsp3) is 0. The van der Waals surface area contributed by atoms with Crippen LogP contribution in [0, 0.1) is 0 Å². The predicted molar refractivity (Wildman–Crippen MR) is 77.0 cm³/mol. The number of hydrogen-bond donors (Lipinski definition) is 1. The Kier molecular flexibility index (Phi) is 2.20. The van der Waals surface area contributed by atoms with E-state index < -0.39 is 0 Å². The zero-order valence-electron chi connectivity index (χ0n) is 10.4. The third kappa shape index (κ3) is 1.53. The van der Waals surface area contributed by atoms with Crippen molar-refractivity contribution in [2.45, 2.75) is 0 Å². The van der Waals surface area contributed by atoms with Crippen LogP contribution in [0.4, 0.5) is 5.82 Å². The summed E-state index contributed by atoms with van der Waals surface area (Å²) in [6.07, 6.45) is 5.14. The standard InChI is InChI=1S/C15H10N4O/c16-15-14-9(4-5-17-15)6-13(20-14)11-3-1-2-10-7-18-19-8-12(10)11/h1-8H,(H2,16,17). The van der Waals surface area contributed by atoms with Gasteiger partial charge in [0, 0.05) is 27.9 Å². The molecule has 0 aliphatic rings. The molecule has 3 aromatic heterocycles. The highest BCUT2D eigenvalue weighted by molar-refractivity contribution is 5.97. The van der Waals surface area contributed by atoms with Gasteiger partial charge in [-0.3, -0.25) is 0 Å². The van der Waals surface area contributed by atoms with Gasteiger partial charge in [0.2, 0.25) is 0 Å². The number of rotatable bonds is 1. The third-order valence-corrected chi connectivity index (χ3v) is 3.32. The number of fused-ring (bicyclic) bond motifs is 2. The highest BCUT2D eigenvalue weighted by Gasteiger charge is 2.11. The molecule has 1 aromatic carbocycles. The van der Waals surface area contributed by atoms with Gasteiger partial charge in [-0.2, -0.15) is 10.2 Å². The molecule has 20 heavy (non-hydrogen) atoms. The fourth-order valence-corrected chi connectivity index (χ4v) is 2.36. The lowest BCUT2D eigenvalue weighted by atomic mass is 10.1. The lowest BCUT2D eigenvalue weighted by Crippen LogP contribution is -1.87. The molecule has 0 bridgehead atoms. The van der Waals surface area contributed by atoms with Gasteiger partial charge in [-0.25, -0.2) is 4.98 Å². The van der Waals surface area contributed by atoms with Gasteiger partial charge in [0.1, 0.15) is 5.76 Å². The largest absolute Gasteiger partial charge is 0.452 e. The quantitative estimate of drug-likeness (QED) is 0.570. The Labute approximate surface area is 114 Å². The van der Waals surface area contributed by atoms with Crippen molar-refractivity contribution in [1.29, 1.82) is 0 Å². The first-order valence-corrected chi connectivity index (χ1v) is 6.17. The number of anilines is 1. The van der Waals surface area contributed by atoms with E-state index in [0.29, 0.717) is 11.4 Å². The molecular weight excluding hydrogens is 252 g/mol. The van der Waals surface area contributed by atoms with E-state index in [0.717, 1.165) is 27.5 Å². The molecule has 0 fully saturated rings. The van der Waals surface area contributed by atoms with E-state index >= 15 is 0 Å². The minimum Gasteiger partial charge on any atom is -0.452 e. The Morgan fingerprint density at radius 2 is 1.90 bits per heavy atom. The van der Waals surface area contributed by atoms with Crippen molar-refractivity contribution in [2.75, 3.05) is 5.73 Å². The summed E-state index contributed by atoms with van der Waals surface area (Å²) in [5.74, 6) is 1.15. The number of nitrogens with two attached hydrogens (primary N) is 1. The number of benzene rings is 1. The van der Waals surface area contributed by atoms with Crippen molar-refractivity contribution in [1.82, 2.24) is 15.2 Å². The van der Waals surface area contributed by atoms with Gasteiger partial charge in [-0.15, -0.1) is 0 Å². The minimum atomic E-state index is 0.397. The number of pyridine rings is 1. The summed E-state index contributed by atoms with van der Waals surface area (Å²) in [4.78, 5) is 4.04. The number of aromatic nitrogens is 3. The molecule has 0 aliphatic carbocycles. The average molecular weight is 262 g/mol. The highest BCUT2D eigenvalue weighted by Crippen LogP contribution is 2.33. The number of furan rings is 1. The molecule has 0 radical (unpaired) electrons. The predicted octanol–water partition coefficient (Wildman–Crippen LogP) is 3.02. The summed E-state index contributed by atoms with van der Waals surface area (Å²) in [5, 5.41) is 10.8. The molecule has 4 rings (SSSR count). The summed E-state index contributed by atoms with van der Waals surface area (Å²) in [7, 11) is 0. The van der Waals surface area contributed by atoms with Gasteiger partial charge in [0.05, 0.1) is 12.4 Å². The number of hydrogen-bond acceptors (Lipinski definition) is 5. The van der Waals surface area contributed by atoms with E-state index in [1.165, 1.54) is 0 Å². The molecule has 0 saturated carbocycles. The van der Waals surface area contributed by atoms with Crippen LogP contribution in [0.5, 0.6) is 0 Å². The number of nitrogens with zero attached hydrogens (tertiary/aromatic N) is 3. The van der Waals surface area contributed by atoms with Gasteiger partial charge < -0.3 is 10.2 Å². The maximum atomic E-state index is 5.86. The first kappa shape index (κ1) is 10.9. The maximum Gasteiger partial charge on any atom is 0.176 e. The first-order valence-electron chi connectivity index (χ1n) is 6.17. The van der Waals surface area contributed by atoms with Crippen LogP contribution in [-0.4, -0.2) is 15.2 Å². The zero-order chi connectivity index (χ0) is 13.5. The lowest BCUT2D eigenvalue weighted by molar-refractivity contribution is 0.632. The van der Waals surface area contributed by atoms with Crippen molar-refractivity contribution in [3.63, 3.8) is 0 Å². The second kappa shape index (κ2) is 4.03. The van der Waals surface area contributed by atoms with E-state index in [1.54, 1.807) is 18.6 Å². The molecule has 5 nitrogen and oxygen atoms in total. The van der Waals surface area contributed by atoms with Gasteiger partial charge in [0.25, 0.3) is 0 Å². The first-order chi connectivity index (χ1) is 9.83. The normalized spacial score (nSPS) is 11.2. The molecule has 0 amide bonds. The summed E-state index contributed by atoms with van der Waals surface area (Å²) < 4.78 is 5.86. The Bertz CT molecular complexity index is 924. The van der Waals surface area contributed by atoms with E-state index in [4.69, 9.17) is 10.2 Å². The van der Waals surface area contributed by atoms with Gasteiger partial charge in [0.15, 0.2) is 11.4 Å². The molecule has 0 spiro atoms. The van der Waals surface area contributed by atoms with Gasteiger partial charge in [-0.1, -0.05) is 18.2 Å². The molecule has 4 aromatic rings. The molecule has 0 saturated heterocycles. The van der Waals surface area contributed by atoms with Crippen molar-refractivity contribution in [2.24, 2.45) is 0 Å². The monoisotopic (exact) mass is 262 g/mol. The van der Waals surface area contributed by atoms with Gasteiger partial charge in [-0.05, 0) is 12.1 Å². The lowest BCUT2D eigenvalue weighted by Gasteiger charge is -2.01. The van der Waals surface area contributed by atoms with Crippen LogP contribution in [0.15, 0.2) is 53.3 Å². The van der Waals surface area contributed by atoms with E-state index in [9.17, 15) is 0 Å². The van der Waals surface area contributed by atoms with Crippen molar-refractivity contribution < 1.29 is 4.42 Å². The summed E-state index contributed by atoms with van der Waals surface area (Å²) in [6, 6.07) is 9.79. The summed E-state index contributed by atoms with van der Waals surface area (Å²) in [5.41, 5.74) is 7.41. The SMILES string of the molecule is Nc1nccc2cc(-c3cccc4cnncc34)oc12. The van der Waals surface area contributed by atoms with Crippen LogP contribution in [-0.2, 0) is 0 Å². The Balaban J connectivity index is 2.04. The van der Waals surface area contributed by atoms with Crippen LogP contribution in [0.25, 0.3) is 33.1 Å². The zero-order valence-corrected chi connectivity index (χ0v) is 10.4. The molecule has 0 unspecified atom stereocenters.